The topological polar surface area (TPSA) is 89.3 Å². The first-order valence-electron chi connectivity index (χ1n) is 7.83. The van der Waals surface area contributed by atoms with Gasteiger partial charge in [0.15, 0.2) is 0 Å². The van der Waals surface area contributed by atoms with Gasteiger partial charge in [0.1, 0.15) is 5.75 Å². The second-order valence-electron chi connectivity index (χ2n) is 5.25. The lowest BCUT2D eigenvalue weighted by atomic mass is 10.2. The standard InChI is InChI=1S/C18H18N4O3/c1-3-16-21-17(22-25-16)12-4-6-13(7-5-12)19-18(23)20-14-8-10-15(24-2)11-9-14/h4-11H,3H2,1-2H3,(H2,19,20,23). The van der Waals surface area contributed by atoms with E-state index in [4.69, 9.17) is 9.26 Å². The lowest BCUT2D eigenvalue weighted by Crippen LogP contribution is -2.19. The molecule has 128 valence electrons. The monoisotopic (exact) mass is 338 g/mol. The zero-order valence-electron chi connectivity index (χ0n) is 13.9. The molecular formula is C18H18N4O3. The number of anilines is 2. The Morgan fingerprint density at radius 3 is 2.16 bits per heavy atom. The summed E-state index contributed by atoms with van der Waals surface area (Å²) in [6, 6.07) is 14.0. The second-order valence-corrected chi connectivity index (χ2v) is 5.25. The van der Waals surface area contributed by atoms with Crippen LogP contribution in [0.3, 0.4) is 0 Å². The summed E-state index contributed by atoms with van der Waals surface area (Å²) in [5, 5.41) is 9.44. The molecule has 7 nitrogen and oxygen atoms in total. The Balaban J connectivity index is 1.61. The van der Waals surface area contributed by atoms with Crippen molar-refractivity contribution >= 4 is 17.4 Å². The second kappa shape index (κ2) is 7.48. The summed E-state index contributed by atoms with van der Waals surface area (Å²) in [5.74, 6) is 1.86. The maximum Gasteiger partial charge on any atom is 0.323 e. The molecule has 0 spiro atoms. The number of amides is 2. The Morgan fingerprint density at radius 1 is 1.04 bits per heavy atom. The van der Waals surface area contributed by atoms with Crippen molar-refractivity contribution in [3.8, 4) is 17.1 Å². The average Bonchev–Trinajstić information content (AvgIpc) is 3.12. The van der Waals surface area contributed by atoms with Gasteiger partial charge in [-0.2, -0.15) is 4.98 Å². The fourth-order valence-electron chi connectivity index (χ4n) is 2.19. The quantitative estimate of drug-likeness (QED) is 0.735. The first-order valence-corrected chi connectivity index (χ1v) is 7.83. The average molecular weight is 338 g/mol. The van der Waals surface area contributed by atoms with Gasteiger partial charge in [0.2, 0.25) is 11.7 Å². The summed E-state index contributed by atoms with van der Waals surface area (Å²) < 4.78 is 10.2. The minimum absolute atomic E-state index is 0.328. The SMILES string of the molecule is CCc1nc(-c2ccc(NC(=O)Nc3ccc(OC)cc3)cc2)no1. The molecule has 0 radical (unpaired) electrons. The number of aryl methyl sites for hydroxylation is 1. The predicted molar refractivity (Wildman–Crippen MR) is 94.7 cm³/mol. The summed E-state index contributed by atoms with van der Waals surface area (Å²) in [6.07, 6.45) is 0.693. The lowest BCUT2D eigenvalue weighted by molar-refractivity contribution is 0.262. The van der Waals surface area contributed by atoms with Crippen molar-refractivity contribution in [2.24, 2.45) is 0 Å². The molecule has 2 aromatic carbocycles. The third kappa shape index (κ3) is 4.14. The molecule has 7 heteroatoms. The van der Waals surface area contributed by atoms with Crippen molar-refractivity contribution in [2.45, 2.75) is 13.3 Å². The summed E-state index contributed by atoms with van der Waals surface area (Å²) in [4.78, 5) is 16.3. The van der Waals surface area contributed by atoms with E-state index in [-0.39, 0.29) is 6.03 Å². The third-order valence-corrected chi connectivity index (χ3v) is 3.52. The minimum Gasteiger partial charge on any atom is -0.497 e. The highest BCUT2D eigenvalue weighted by molar-refractivity contribution is 5.99. The zero-order valence-corrected chi connectivity index (χ0v) is 13.9. The Kier molecular flexibility index (Phi) is 4.94. The molecule has 1 aromatic heterocycles. The number of nitrogens with zero attached hydrogens (tertiary/aromatic N) is 2. The molecule has 2 amide bonds. The molecule has 0 bridgehead atoms. The number of hydrogen-bond donors (Lipinski definition) is 2. The lowest BCUT2D eigenvalue weighted by Gasteiger charge is -2.08. The van der Waals surface area contributed by atoms with Crippen LogP contribution in [0.1, 0.15) is 12.8 Å². The normalized spacial score (nSPS) is 10.3. The Hall–Kier alpha value is -3.35. The summed E-state index contributed by atoms with van der Waals surface area (Å²) in [5.41, 5.74) is 2.16. The first kappa shape index (κ1) is 16.5. The van der Waals surface area contributed by atoms with Crippen molar-refractivity contribution in [1.29, 1.82) is 0 Å². The Labute approximate surface area is 145 Å². The maximum absolute atomic E-state index is 12.0. The minimum atomic E-state index is -0.328. The van der Waals surface area contributed by atoms with Crippen LogP contribution >= 0.6 is 0 Å². The smallest absolute Gasteiger partial charge is 0.323 e. The van der Waals surface area contributed by atoms with Crippen molar-refractivity contribution in [1.82, 2.24) is 10.1 Å². The number of methoxy groups -OCH3 is 1. The fraction of sp³-hybridized carbons (Fsp3) is 0.167. The number of benzene rings is 2. The van der Waals surface area contributed by atoms with E-state index in [9.17, 15) is 4.79 Å². The number of ether oxygens (including phenoxy) is 1. The first-order chi connectivity index (χ1) is 12.2. The van der Waals surface area contributed by atoms with E-state index in [1.54, 1.807) is 43.5 Å². The third-order valence-electron chi connectivity index (χ3n) is 3.52. The summed E-state index contributed by atoms with van der Waals surface area (Å²) in [6.45, 7) is 1.95. The van der Waals surface area contributed by atoms with Crippen LogP contribution in [0.2, 0.25) is 0 Å². The van der Waals surface area contributed by atoms with Crippen molar-refractivity contribution in [3.05, 3.63) is 54.4 Å². The van der Waals surface area contributed by atoms with Gasteiger partial charge in [0.05, 0.1) is 7.11 Å². The summed E-state index contributed by atoms with van der Waals surface area (Å²) >= 11 is 0. The molecule has 0 fully saturated rings. The molecule has 1 heterocycles. The van der Waals surface area contributed by atoms with Crippen molar-refractivity contribution in [3.63, 3.8) is 0 Å². The van der Waals surface area contributed by atoms with E-state index in [1.807, 2.05) is 19.1 Å². The fourth-order valence-corrected chi connectivity index (χ4v) is 2.19. The summed E-state index contributed by atoms with van der Waals surface area (Å²) in [7, 11) is 1.59. The highest BCUT2D eigenvalue weighted by Crippen LogP contribution is 2.19. The van der Waals surface area contributed by atoms with Crippen LogP contribution in [0.15, 0.2) is 53.1 Å². The Bertz CT molecular complexity index is 842. The van der Waals surface area contributed by atoms with E-state index < -0.39 is 0 Å². The van der Waals surface area contributed by atoms with E-state index in [0.717, 1.165) is 11.3 Å². The van der Waals surface area contributed by atoms with E-state index in [0.29, 0.717) is 29.5 Å². The van der Waals surface area contributed by atoms with Gasteiger partial charge in [-0.25, -0.2) is 4.79 Å². The van der Waals surface area contributed by atoms with Gasteiger partial charge in [-0.3, -0.25) is 0 Å². The molecule has 25 heavy (non-hydrogen) atoms. The number of hydrogen-bond acceptors (Lipinski definition) is 5. The zero-order chi connectivity index (χ0) is 17.6. The molecule has 3 aromatic rings. The predicted octanol–water partition coefficient (Wildman–Crippen LogP) is 3.95. The number of nitrogens with one attached hydrogen (secondary N) is 2. The Morgan fingerprint density at radius 2 is 1.64 bits per heavy atom. The molecule has 0 aliphatic rings. The molecule has 0 atom stereocenters. The van der Waals surface area contributed by atoms with Crippen LogP contribution in [-0.4, -0.2) is 23.3 Å². The molecule has 2 N–H and O–H groups in total. The van der Waals surface area contributed by atoms with Gasteiger partial charge in [-0.05, 0) is 48.5 Å². The number of carbonyl (C=O) groups excluding carboxylic acids is 1. The van der Waals surface area contributed by atoms with Crippen LogP contribution in [-0.2, 0) is 6.42 Å². The van der Waals surface area contributed by atoms with Gasteiger partial charge in [0.25, 0.3) is 0 Å². The van der Waals surface area contributed by atoms with Crippen LogP contribution in [0.4, 0.5) is 16.2 Å². The van der Waals surface area contributed by atoms with E-state index in [2.05, 4.69) is 20.8 Å². The van der Waals surface area contributed by atoms with Crippen LogP contribution in [0, 0.1) is 0 Å². The highest BCUT2D eigenvalue weighted by atomic mass is 16.5. The number of rotatable bonds is 5. The number of carbonyl (C=O) groups is 1. The molecule has 3 rings (SSSR count). The van der Waals surface area contributed by atoms with Gasteiger partial charge >= 0.3 is 6.03 Å². The van der Waals surface area contributed by atoms with Crippen LogP contribution < -0.4 is 15.4 Å². The molecular weight excluding hydrogens is 320 g/mol. The van der Waals surface area contributed by atoms with Crippen molar-refractivity contribution in [2.75, 3.05) is 17.7 Å². The van der Waals surface area contributed by atoms with Gasteiger partial charge in [0, 0.05) is 23.4 Å². The van der Waals surface area contributed by atoms with Crippen molar-refractivity contribution < 1.29 is 14.1 Å². The maximum atomic E-state index is 12.0. The number of aromatic nitrogens is 2. The number of urea groups is 1. The highest BCUT2D eigenvalue weighted by Gasteiger charge is 2.08. The van der Waals surface area contributed by atoms with Crippen LogP contribution in [0.5, 0.6) is 5.75 Å². The largest absolute Gasteiger partial charge is 0.497 e. The molecule has 0 saturated heterocycles. The van der Waals surface area contributed by atoms with Gasteiger partial charge < -0.3 is 19.9 Å². The molecule has 0 aliphatic heterocycles. The molecule has 0 saturated carbocycles. The van der Waals surface area contributed by atoms with Gasteiger partial charge in [-0.15, -0.1) is 0 Å². The van der Waals surface area contributed by atoms with E-state index in [1.165, 1.54) is 0 Å². The van der Waals surface area contributed by atoms with E-state index >= 15 is 0 Å². The van der Waals surface area contributed by atoms with Gasteiger partial charge in [-0.1, -0.05) is 12.1 Å². The van der Waals surface area contributed by atoms with Crippen LogP contribution in [0.25, 0.3) is 11.4 Å². The molecule has 0 unspecified atom stereocenters. The molecule has 0 aliphatic carbocycles.